The third-order valence-corrected chi connectivity index (χ3v) is 3.71. The lowest BCUT2D eigenvalue weighted by atomic mass is 10.2. The number of aromatic hydroxyl groups is 1. The molecule has 96 valence electrons. The van der Waals surface area contributed by atoms with Crippen LogP contribution in [0, 0.1) is 13.8 Å². The van der Waals surface area contributed by atoms with Gasteiger partial charge in [0, 0.05) is 5.69 Å². The number of benzene rings is 1. The van der Waals surface area contributed by atoms with E-state index in [1.54, 1.807) is 19.9 Å². The Bertz CT molecular complexity index is 677. The van der Waals surface area contributed by atoms with Gasteiger partial charge in [-0.2, -0.15) is 8.42 Å². The minimum Gasteiger partial charge on any atom is -0.508 e. The van der Waals surface area contributed by atoms with E-state index in [0.717, 1.165) is 0 Å². The second kappa shape index (κ2) is 4.34. The maximum atomic E-state index is 12.0. The Labute approximate surface area is 105 Å². The van der Waals surface area contributed by atoms with Gasteiger partial charge in [0.15, 0.2) is 5.03 Å². The number of nitrogens with one attached hydrogen (secondary N) is 2. The summed E-state index contributed by atoms with van der Waals surface area (Å²) < 4.78 is 26.3. The summed E-state index contributed by atoms with van der Waals surface area (Å²) in [6, 6.07) is 4.48. The molecule has 0 aliphatic carbocycles. The minimum absolute atomic E-state index is 0.00530. The minimum atomic E-state index is -3.67. The molecule has 6 nitrogen and oxygen atoms in total. The highest BCUT2D eigenvalue weighted by molar-refractivity contribution is 7.92. The first-order valence-electron chi connectivity index (χ1n) is 5.22. The Morgan fingerprint density at radius 2 is 2.06 bits per heavy atom. The van der Waals surface area contributed by atoms with Crippen LogP contribution in [0.25, 0.3) is 0 Å². The van der Waals surface area contributed by atoms with Crippen LogP contribution >= 0.6 is 0 Å². The maximum absolute atomic E-state index is 12.0. The number of H-pyrrole nitrogens is 1. The number of aromatic nitrogens is 2. The van der Waals surface area contributed by atoms with Crippen LogP contribution in [0.2, 0.25) is 0 Å². The fourth-order valence-corrected chi connectivity index (χ4v) is 2.48. The van der Waals surface area contributed by atoms with Gasteiger partial charge in [-0.05, 0) is 37.6 Å². The molecule has 0 radical (unpaired) electrons. The highest BCUT2D eigenvalue weighted by Crippen LogP contribution is 2.22. The van der Waals surface area contributed by atoms with E-state index in [9.17, 15) is 13.5 Å². The average molecular weight is 267 g/mol. The van der Waals surface area contributed by atoms with Crippen LogP contribution in [-0.4, -0.2) is 23.5 Å². The summed E-state index contributed by atoms with van der Waals surface area (Å²) in [5.74, 6) is 0.646. The molecule has 0 saturated carbocycles. The molecule has 0 bridgehead atoms. The summed E-state index contributed by atoms with van der Waals surface area (Å²) in [6.45, 7) is 3.36. The Hall–Kier alpha value is -2.02. The van der Waals surface area contributed by atoms with Crippen LogP contribution in [0.4, 0.5) is 5.69 Å². The molecule has 0 aliphatic rings. The number of phenolic OH excluding ortho intramolecular Hbond substituents is 1. The fraction of sp³-hybridized carbons (Fsp3) is 0.182. The molecule has 0 fully saturated rings. The molecule has 2 aromatic rings. The Morgan fingerprint density at radius 1 is 1.33 bits per heavy atom. The molecule has 18 heavy (non-hydrogen) atoms. The van der Waals surface area contributed by atoms with Gasteiger partial charge in [-0.1, -0.05) is 0 Å². The van der Waals surface area contributed by atoms with Gasteiger partial charge in [0.25, 0.3) is 10.0 Å². The van der Waals surface area contributed by atoms with Crippen molar-refractivity contribution in [3.63, 3.8) is 0 Å². The van der Waals surface area contributed by atoms with Crippen molar-refractivity contribution in [3.05, 3.63) is 35.8 Å². The first-order valence-corrected chi connectivity index (χ1v) is 6.71. The second-order valence-electron chi connectivity index (χ2n) is 3.94. The van der Waals surface area contributed by atoms with Gasteiger partial charge in [-0.3, -0.25) is 4.72 Å². The van der Waals surface area contributed by atoms with Gasteiger partial charge < -0.3 is 10.1 Å². The molecule has 7 heteroatoms. The first kappa shape index (κ1) is 12.4. The number of imidazole rings is 1. The van der Waals surface area contributed by atoms with Crippen molar-refractivity contribution in [1.82, 2.24) is 9.97 Å². The molecule has 3 N–H and O–H groups in total. The molecule has 0 unspecified atom stereocenters. The molecule has 0 amide bonds. The summed E-state index contributed by atoms with van der Waals surface area (Å²) in [5.41, 5.74) is 0.980. The van der Waals surface area contributed by atoms with Crippen LogP contribution in [0.3, 0.4) is 0 Å². The summed E-state index contributed by atoms with van der Waals surface area (Å²) >= 11 is 0. The molecule has 0 atom stereocenters. The lowest BCUT2D eigenvalue weighted by Crippen LogP contribution is -2.13. The molecule has 2 rings (SSSR count). The highest BCUT2D eigenvalue weighted by atomic mass is 32.2. The van der Waals surface area contributed by atoms with E-state index in [-0.39, 0.29) is 10.8 Å². The number of hydrogen-bond acceptors (Lipinski definition) is 4. The van der Waals surface area contributed by atoms with Crippen LogP contribution in [0.15, 0.2) is 29.4 Å². The number of hydrogen-bond donors (Lipinski definition) is 3. The molecule has 1 heterocycles. The van der Waals surface area contributed by atoms with Gasteiger partial charge in [-0.25, -0.2) is 4.98 Å². The van der Waals surface area contributed by atoms with Crippen molar-refractivity contribution in [1.29, 1.82) is 0 Å². The number of sulfonamides is 1. The largest absolute Gasteiger partial charge is 0.508 e. The zero-order valence-corrected chi connectivity index (χ0v) is 10.7. The summed E-state index contributed by atoms with van der Waals surface area (Å²) in [4.78, 5) is 6.49. The number of rotatable bonds is 3. The van der Waals surface area contributed by atoms with Crippen LogP contribution < -0.4 is 4.72 Å². The maximum Gasteiger partial charge on any atom is 0.278 e. The van der Waals surface area contributed by atoms with Gasteiger partial charge >= 0.3 is 0 Å². The zero-order chi connectivity index (χ0) is 13.3. The van der Waals surface area contributed by atoms with Crippen LogP contribution in [0.1, 0.15) is 11.4 Å². The fourth-order valence-electron chi connectivity index (χ4n) is 1.46. The molecular formula is C11H13N3O3S. The lowest BCUT2D eigenvalue weighted by molar-refractivity contribution is 0.471. The van der Waals surface area contributed by atoms with E-state index in [1.165, 1.54) is 18.3 Å². The Balaban J connectivity index is 2.30. The number of anilines is 1. The summed E-state index contributed by atoms with van der Waals surface area (Å²) in [6.07, 6.45) is 1.25. The van der Waals surface area contributed by atoms with Crippen LogP contribution in [0.5, 0.6) is 5.75 Å². The quantitative estimate of drug-likeness (QED) is 0.735. The topological polar surface area (TPSA) is 95.1 Å². The van der Waals surface area contributed by atoms with E-state index in [1.807, 2.05) is 0 Å². The molecule has 0 spiro atoms. The van der Waals surface area contributed by atoms with Crippen molar-refractivity contribution in [3.8, 4) is 5.75 Å². The van der Waals surface area contributed by atoms with E-state index < -0.39 is 10.0 Å². The molecular weight excluding hydrogens is 254 g/mol. The SMILES string of the molecule is Cc1ncc(S(=O)(=O)Nc2ccc(O)c(C)c2)[nH]1. The zero-order valence-electron chi connectivity index (χ0n) is 9.93. The lowest BCUT2D eigenvalue weighted by Gasteiger charge is -2.07. The average Bonchev–Trinajstić information content (AvgIpc) is 2.71. The van der Waals surface area contributed by atoms with Crippen molar-refractivity contribution in [2.75, 3.05) is 4.72 Å². The van der Waals surface area contributed by atoms with E-state index in [2.05, 4.69) is 14.7 Å². The number of phenols is 1. The van der Waals surface area contributed by atoms with E-state index in [4.69, 9.17) is 0 Å². The monoisotopic (exact) mass is 267 g/mol. The third-order valence-electron chi connectivity index (χ3n) is 2.42. The highest BCUT2D eigenvalue weighted by Gasteiger charge is 2.16. The molecule has 0 aliphatic heterocycles. The van der Waals surface area contributed by atoms with Gasteiger partial charge in [0.2, 0.25) is 0 Å². The molecule has 1 aromatic carbocycles. The third kappa shape index (κ3) is 2.45. The van der Waals surface area contributed by atoms with Crippen LogP contribution in [-0.2, 0) is 10.0 Å². The summed E-state index contributed by atoms with van der Waals surface area (Å²) in [5, 5.41) is 9.37. The van der Waals surface area contributed by atoms with Crippen molar-refractivity contribution >= 4 is 15.7 Å². The van der Waals surface area contributed by atoms with Gasteiger partial charge in [-0.15, -0.1) is 0 Å². The Morgan fingerprint density at radius 3 is 2.61 bits per heavy atom. The van der Waals surface area contributed by atoms with Gasteiger partial charge in [0.1, 0.15) is 11.6 Å². The van der Waals surface area contributed by atoms with Crippen molar-refractivity contribution < 1.29 is 13.5 Å². The number of nitrogens with zero attached hydrogens (tertiary/aromatic N) is 1. The summed E-state index contributed by atoms with van der Waals surface area (Å²) in [7, 11) is -3.67. The molecule has 0 saturated heterocycles. The standard InChI is InChI=1S/C11H13N3O3S/c1-7-5-9(3-4-10(7)15)14-18(16,17)11-6-12-8(2)13-11/h3-6,14-15H,1-2H3,(H,12,13). The number of aryl methyl sites for hydroxylation is 2. The normalized spacial score (nSPS) is 11.4. The smallest absolute Gasteiger partial charge is 0.278 e. The predicted octanol–water partition coefficient (Wildman–Crippen LogP) is 1.53. The Kier molecular flexibility index (Phi) is 3.00. The predicted molar refractivity (Wildman–Crippen MR) is 67.0 cm³/mol. The van der Waals surface area contributed by atoms with Gasteiger partial charge in [0.05, 0.1) is 6.20 Å². The van der Waals surface area contributed by atoms with E-state index >= 15 is 0 Å². The van der Waals surface area contributed by atoms with E-state index in [0.29, 0.717) is 17.1 Å². The van der Waals surface area contributed by atoms with Crippen molar-refractivity contribution in [2.45, 2.75) is 18.9 Å². The number of aromatic amines is 1. The second-order valence-corrected chi connectivity index (χ2v) is 5.59. The van der Waals surface area contributed by atoms with Crippen molar-refractivity contribution in [2.24, 2.45) is 0 Å². The first-order chi connectivity index (χ1) is 8.38. The molecule has 1 aromatic heterocycles.